The number of anilines is 1. The lowest BCUT2D eigenvalue weighted by Crippen LogP contribution is -2.30. The number of hydrogen-bond donors (Lipinski definition) is 1. The Morgan fingerprint density at radius 1 is 1.32 bits per heavy atom. The zero-order chi connectivity index (χ0) is 14.0. The van der Waals surface area contributed by atoms with Crippen LogP contribution >= 0.6 is 0 Å². The van der Waals surface area contributed by atoms with Gasteiger partial charge < -0.3 is 10.2 Å². The number of hydrogen-bond acceptors (Lipinski definition) is 2. The average molecular weight is 264 g/mol. The summed E-state index contributed by atoms with van der Waals surface area (Å²) in [6.07, 6.45) is 2.45. The quantitative estimate of drug-likeness (QED) is 0.874. The first kappa shape index (κ1) is 14.3. The zero-order valence-corrected chi connectivity index (χ0v) is 12.5. The topological polar surface area (TPSA) is 15.3 Å². The standard InChI is InChI=1S/C16H25FN2/c1-16(2,3)11-19(4)15-7-5-6-14(17)13(15)10-18-12-8-9-12/h5-7,12,18H,8-11H2,1-4H3. The van der Waals surface area contributed by atoms with E-state index in [9.17, 15) is 4.39 Å². The smallest absolute Gasteiger partial charge is 0.129 e. The minimum Gasteiger partial charge on any atom is -0.374 e. The highest BCUT2D eigenvalue weighted by Gasteiger charge is 2.22. The highest BCUT2D eigenvalue weighted by molar-refractivity contribution is 5.53. The van der Waals surface area contributed by atoms with Crippen LogP contribution < -0.4 is 10.2 Å². The maximum atomic E-state index is 14.0. The van der Waals surface area contributed by atoms with Crippen LogP contribution in [0.1, 0.15) is 39.2 Å². The predicted molar refractivity (Wildman–Crippen MR) is 79.0 cm³/mol. The van der Waals surface area contributed by atoms with Crippen molar-refractivity contribution in [2.75, 3.05) is 18.5 Å². The van der Waals surface area contributed by atoms with Gasteiger partial charge in [0.25, 0.3) is 0 Å². The predicted octanol–water partition coefficient (Wildman–Crippen LogP) is 3.56. The molecule has 1 aliphatic carbocycles. The minimum absolute atomic E-state index is 0.105. The molecule has 2 rings (SSSR count). The fourth-order valence-corrected chi connectivity index (χ4v) is 2.41. The number of nitrogens with one attached hydrogen (secondary N) is 1. The molecule has 0 saturated heterocycles. The average Bonchev–Trinajstić information content (AvgIpc) is 3.08. The van der Waals surface area contributed by atoms with Crippen molar-refractivity contribution in [3.63, 3.8) is 0 Å². The van der Waals surface area contributed by atoms with E-state index in [1.54, 1.807) is 12.1 Å². The molecule has 2 nitrogen and oxygen atoms in total. The molecule has 0 amide bonds. The summed E-state index contributed by atoms with van der Waals surface area (Å²) in [5, 5.41) is 3.41. The van der Waals surface area contributed by atoms with E-state index in [0.717, 1.165) is 17.8 Å². The van der Waals surface area contributed by atoms with Crippen LogP contribution in [0, 0.1) is 11.2 Å². The van der Waals surface area contributed by atoms with Crippen LogP contribution in [0.5, 0.6) is 0 Å². The molecule has 0 spiro atoms. The van der Waals surface area contributed by atoms with E-state index < -0.39 is 0 Å². The first-order valence-electron chi connectivity index (χ1n) is 7.09. The summed E-state index contributed by atoms with van der Waals surface area (Å²) in [5.74, 6) is -0.105. The van der Waals surface area contributed by atoms with Gasteiger partial charge in [-0.3, -0.25) is 0 Å². The van der Waals surface area contributed by atoms with Crippen LogP contribution in [0.4, 0.5) is 10.1 Å². The molecule has 106 valence electrons. The van der Waals surface area contributed by atoms with Crippen molar-refractivity contribution in [1.82, 2.24) is 5.32 Å². The number of rotatable bonds is 5. The van der Waals surface area contributed by atoms with E-state index in [0.29, 0.717) is 12.6 Å². The Morgan fingerprint density at radius 2 is 2.00 bits per heavy atom. The van der Waals surface area contributed by atoms with E-state index in [-0.39, 0.29) is 11.2 Å². The summed E-state index contributed by atoms with van der Waals surface area (Å²) < 4.78 is 14.0. The molecule has 0 aromatic heterocycles. The Hall–Kier alpha value is -1.09. The van der Waals surface area contributed by atoms with Gasteiger partial charge in [-0.25, -0.2) is 4.39 Å². The van der Waals surface area contributed by atoms with Gasteiger partial charge in [0.15, 0.2) is 0 Å². The van der Waals surface area contributed by atoms with Crippen molar-refractivity contribution < 1.29 is 4.39 Å². The lowest BCUT2D eigenvalue weighted by Gasteiger charge is -2.30. The maximum absolute atomic E-state index is 14.0. The first-order valence-corrected chi connectivity index (χ1v) is 7.09. The van der Waals surface area contributed by atoms with Gasteiger partial charge in [-0.15, -0.1) is 0 Å². The Labute approximate surface area is 116 Å². The van der Waals surface area contributed by atoms with E-state index in [1.165, 1.54) is 12.8 Å². The zero-order valence-electron chi connectivity index (χ0n) is 12.5. The van der Waals surface area contributed by atoms with Crippen molar-refractivity contribution in [2.45, 2.75) is 46.2 Å². The molecular formula is C16H25FN2. The van der Waals surface area contributed by atoms with Crippen LogP contribution in [-0.2, 0) is 6.54 Å². The second-order valence-corrected chi connectivity index (χ2v) is 6.81. The lowest BCUT2D eigenvalue weighted by atomic mass is 9.95. The van der Waals surface area contributed by atoms with Gasteiger partial charge >= 0.3 is 0 Å². The van der Waals surface area contributed by atoms with Crippen LogP contribution in [-0.4, -0.2) is 19.6 Å². The van der Waals surface area contributed by atoms with Gasteiger partial charge in [-0.2, -0.15) is 0 Å². The fraction of sp³-hybridized carbons (Fsp3) is 0.625. The van der Waals surface area contributed by atoms with Crippen LogP contribution in [0.25, 0.3) is 0 Å². The molecule has 19 heavy (non-hydrogen) atoms. The second kappa shape index (κ2) is 5.49. The van der Waals surface area contributed by atoms with Crippen molar-refractivity contribution >= 4 is 5.69 Å². The Bertz CT molecular complexity index is 433. The van der Waals surface area contributed by atoms with E-state index in [1.807, 2.05) is 13.1 Å². The highest BCUT2D eigenvalue weighted by atomic mass is 19.1. The van der Waals surface area contributed by atoms with Gasteiger partial charge in [0.2, 0.25) is 0 Å². The normalized spacial score (nSPS) is 15.6. The molecule has 0 unspecified atom stereocenters. The van der Waals surface area contributed by atoms with Crippen LogP contribution in [0.3, 0.4) is 0 Å². The number of halogens is 1. The molecule has 1 fully saturated rings. The minimum atomic E-state index is -0.105. The highest BCUT2D eigenvalue weighted by Crippen LogP contribution is 2.27. The molecule has 0 atom stereocenters. The summed E-state index contributed by atoms with van der Waals surface area (Å²) >= 11 is 0. The summed E-state index contributed by atoms with van der Waals surface area (Å²) in [4.78, 5) is 2.16. The fourth-order valence-electron chi connectivity index (χ4n) is 2.41. The molecule has 1 aromatic rings. The lowest BCUT2D eigenvalue weighted by molar-refractivity contribution is 0.418. The molecule has 1 aromatic carbocycles. The molecule has 0 radical (unpaired) electrons. The third-order valence-corrected chi connectivity index (χ3v) is 3.36. The Morgan fingerprint density at radius 3 is 2.58 bits per heavy atom. The van der Waals surface area contributed by atoms with E-state index >= 15 is 0 Å². The molecule has 1 aliphatic rings. The summed E-state index contributed by atoms with van der Waals surface area (Å²) in [7, 11) is 2.04. The largest absolute Gasteiger partial charge is 0.374 e. The van der Waals surface area contributed by atoms with Crippen molar-refractivity contribution in [3.8, 4) is 0 Å². The van der Waals surface area contributed by atoms with Gasteiger partial charge in [-0.05, 0) is 30.4 Å². The monoisotopic (exact) mass is 264 g/mol. The number of nitrogens with zero attached hydrogens (tertiary/aromatic N) is 1. The first-order chi connectivity index (χ1) is 8.87. The van der Waals surface area contributed by atoms with Crippen molar-refractivity contribution in [3.05, 3.63) is 29.6 Å². The number of benzene rings is 1. The maximum Gasteiger partial charge on any atom is 0.129 e. The summed E-state index contributed by atoms with van der Waals surface area (Å²) in [6, 6.07) is 5.96. The molecule has 0 heterocycles. The van der Waals surface area contributed by atoms with E-state index in [4.69, 9.17) is 0 Å². The summed E-state index contributed by atoms with van der Waals surface area (Å²) in [6.45, 7) is 8.13. The van der Waals surface area contributed by atoms with Gasteiger partial charge in [-0.1, -0.05) is 26.8 Å². The summed E-state index contributed by atoms with van der Waals surface area (Å²) in [5.41, 5.74) is 1.99. The van der Waals surface area contributed by atoms with Crippen LogP contribution in [0.2, 0.25) is 0 Å². The molecule has 1 N–H and O–H groups in total. The Kier molecular flexibility index (Phi) is 4.14. The van der Waals surface area contributed by atoms with Gasteiger partial charge in [0.1, 0.15) is 5.82 Å². The van der Waals surface area contributed by atoms with Crippen LogP contribution in [0.15, 0.2) is 18.2 Å². The molecule has 3 heteroatoms. The van der Waals surface area contributed by atoms with Gasteiger partial charge in [0, 0.05) is 37.4 Å². The second-order valence-electron chi connectivity index (χ2n) is 6.81. The molecule has 0 aliphatic heterocycles. The molecule has 0 bridgehead atoms. The Balaban J connectivity index is 2.15. The van der Waals surface area contributed by atoms with Crippen molar-refractivity contribution in [1.29, 1.82) is 0 Å². The third-order valence-electron chi connectivity index (χ3n) is 3.36. The molecule has 1 saturated carbocycles. The van der Waals surface area contributed by atoms with Crippen molar-refractivity contribution in [2.24, 2.45) is 5.41 Å². The van der Waals surface area contributed by atoms with E-state index in [2.05, 4.69) is 31.0 Å². The van der Waals surface area contributed by atoms with Gasteiger partial charge in [0.05, 0.1) is 0 Å². The SMILES string of the molecule is CN(CC(C)(C)C)c1cccc(F)c1CNC1CC1. The molecular weight excluding hydrogens is 239 g/mol. The third kappa shape index (κ3) is 4.20.